The van der Waals surface area contributed by atoms with Crippen molar-refractivity contribution in [2.45, 2.75) is 64.5 Å². The SMILES string of the molecule is CCCCCCOC(CO)C(N)CCC. The lowest BCUT2D eigenvalue weighted by atomic mass is 10.1. The number of hydrogen-bond donors (Lipinski definition) is 2. The molecule has 0 saturated carbocycles. The Kier molecular flexibility index (Phi) is 10.3. The Hall–Kier alpha value is -0.120. The third-order valence-corrected chi connectivity index (χ3v) is 2.61. The number of rotatable bonds is 10. The second-order valence-corrected chi connectivity index (χ2v) is 4.11. The maximum absolute atomic E-state index is 9.12. The predicted octanol–water partition coefficient (Wildman–Crippen LogP) is 2.07. The van der Waals surface area contributed by atoms with Crippen molar-refractivity contribution in [3.05, 3.63) is 0 Å². The molecule has 0 bridgehead atoms. The van der Waals surface area contributed by atoms with Crippen molar-refractivity contribution in [2.75, 3.05) is 13.2 Å². The molecule has 15 heavy (non-hydrogen) atoms. The molecule has 0 rings (SSSR count). The van der Waals surface area contributed by atoms with E-state index in [0.717, 1.165) is 25.9 Å². The highest BCUT2D eigenvalue weighted by Gasteiger charge is 2.16. The van der Waals surface area contributed by atoms with Gasteiger partial charge in [0.15, 0.2) is 0 Å². The number of ether oxygens (including phenoxy) is 1. The monoisotopic (exact) mass is 217 g/mol. The van der Waals surface area contributed by atoms with Gasteiger partial charge < -0.3 is 15.6 Å². The van der Waals surface area contributed by atoms with Crippen LogP contribution < -0.4 is 5.73 Å². The highest BCUT2D eigenvalue weighted by Crippen LogP contribution is 2.06. The molecule has 0 amide bonds. The van der Waals surface area contributed by atoms with Gasteiger partial charge in [-0.1, -0.05) is 39.5 Å². The minimum Gasteiger partial charge on any atom is -0.394 e. The van der Waals surface area contributed by atoms with Gasteiger partial charge in [-0.3, -0.25) is 0 Å². The van der Waals surface area contributed by atoms with E-state index in [1.165, 1.54) is 19.3 Å². The molecule has 0 saturated heterocycles. The Balaban J connectivity index is 3.51. The Morgan fingerprint density at radius 2 is 1.87 bits per heavy atom. The van der Waals surface area contributed by atoms with Gasteiger partial charge in [-0.15, -0.1) is 0 Å². The van der Waals surface area contributed by atoms with Crippen LogP contribution in [0.1, 0.15) is 52.4 Å². The first-order valence-corrected chi connectivity index (χ1v) is 6.24. The van der Waals surface area contributed by atoms with E-state index in [4.69, 9.17) is 15.6 Å². The summed E-state index contributed by atoms with van der Waals surface area (Å²) in [6, 6.07) is -0.0221. The molecule has 0 aromatic rings. The molecule has 92 valence electrons. The number of nitrogens with two attached hydrogens (primary N) is 1. The summed E-state index contributed by atoms with van der Waals surface area (Å²) in [6.45, 7) is 5.04. The Morgan fingerprint density at radius 1 is 1.13 bits per heavy atom. The summed E-state index contributed by atoms with van der Waals surface area (Å²) in [7, 11) is 0. The Labute approximate surface area is 94.0 Å². The zero-order valence-electron chi connectivity index (χ0n) is 10.2. The van der Waals surface area contributed by atoms with Gasteiger partial charge in [-0.05, 0) is 12.8 Å². The molecule has 0 radical (unpaired) electrons. The van der Waals surface area contributed by atoms with Gasteiger partial charge in [0.05, 0.1) is 12.7 Å². The summed E-state index contributed by atoms with van der Waals surface area (Å²) in [5.74, 6) is 0. The molecule has 3 heteroatoms. The van der Waals surface area contributed by atoms with E-state index < -0.39 is 0 Å². The molecule has 3 N–H and O–H groups in total. The highest BCUT2D eigenvalue weighted by atomic mass is 16.5. The average Bonchev–Trinajstić information content (AvgIpc) is 2.23. The zero-order valence-corrected chi connectivity index (χ0v) is 10.2. The van der Waals surface area contributed by atoms with Crippen molar-refractivity contribution in [2.24, 2.45) is 5.73 Å². The van der Waals surface area contributed by atoms with Gasteiger partial charge in [-0.2, -0.15) is 0 Å². The molecule has 0 fully saturated rings. The Bertz CT molecular complexity index is 131. The Morgan fingerprint density at radius 3 is 2.40 bits per heavy atom. The van der Waals surface area contributed by atoms with E-state index in [1.54, 1.807) is 0 Å². The van der Waals surface area contributed by atoms with Crippen molar-refractivity contribution in [1.82, 2.24) is 0 Å². The standard InChI is InChI=1S/C12H27NO2/c1-3-5-6-7-9-15-12(10-14)11(13)8-4-2/h11-12,14H,3-10,13H2,1-2H3. The summed E-state index contributed by atoms with van der Waals surface area (Å²) < 4.78 is 5.58. The van der Waals surface area contributed by atoms with Crippen LogP contribution in [0, 0.1) is 0 Å². The van der Waals surface area contributed by atoms with Crippen molar-refractivity contribution in [3.8, 4) is 0 Å². The summed E-state index contributed by atoms with van der Waals surface area (Å²) in [4.78, 5) is 0. The third kappa shape index (κ3) is 7.77. The van der Waals surface area contributed by atoms with Gasteiger partial charge in [-0.25, -0.2) is 0 Å². The second kappa shape index (κ2) is 10.4. The van der Waals surface area contributed by atoms with Crippen LogP contribution in [0.15, 0.2) is 0 Å². The van der Waals surface area contributed by atoms with Crippen molar-refractivity contribution >= 4 is 0 Å². The lowest BCUT2D eigenvalue weighted by Gasteiger charge is -2.21. The quantitative estimate of drug-likeness (QED) is 0.551. The maximum atomic E-state index is 9.12. The van der Waals surface area contributed by atoms with Crippen molar-refractivity contribution < 1.29 is 9.84 Å². The average molecular weight is 217 g/mol. The predicted molar refractivity (Wildman–Crippen MR) is 63.9 cm³/mol. The zero-order chi connectivity index (χ0) is 11.5. The molecule has 0 aromatic carbocycles. The van der Waals surface area contributed by atoms with E-state index in [1.807, 2.05) is 0 Å². The lowest BCUT2D eigenvalue weighted by molar-refractivity contribution is -0.00548. The van der Waals surface area contributed by atoms with Gasteiger partial charge >= 0.3 is 0 Å². The second-order valence-electron chi connectivity index (χ2n) is 4.11. The smallest absolute Gasteiger partial charge is 0.0956 e. The lowest BCUT2D eigenvalue weighted by Crippen LogP contribution is -2.39. The third-order valence-electron chi connectivity index (χ3n) is 2.61. The number of hydrogen-bond acceptors (Lipinski definition) is 3. The first kappa shape index (κ1) is 14.9. The van der Waals surface area contributed by atoms with Crippen LogP contribution in [0.5, 0.6) is 0 Å². The molecule has 2 unspecified atom stereocenters. The van der Waals surface area contributed by atoms with Crippen LogP contribution in [0.2, 0.25) is 0 Å². The van der Waals surface area contributed by atoms with Crippen molar-refractivity contribution in [3.63, 3.8) is 0 Å². The number of aliphatic hydroxyl groups excluding tert-OH is 1. The van der Waals surface area contributed by atoms with E-state index in [9.17, 15) is 0 Å². The van der Waals surface area contributed by atoms with Gasteiger partial charge in [0, 0.05) is 12.6 Å². The molecule has 2 atom stereocenters. The van der Waals surface area contributed by atoms with Crippen LogP contribution in [0.25, 0.3) is 0 Å². The molecule has 0 aliphatic rings. The highest BCUT2D eigenvalue weighted by molar-refractivity contribution is 4.72. The fraction of sp³-hybridized carbons (Fsp3) is 1.00. The minimum absolute atomic E-state index is 0.0221. The molecule has 0 spiro atoms. The van der Waals surface area contributed by atoms with Crippen LogP contribution in [-0.2, 0) is 4.74 Å². The van der Waals surface area contributed by atoms with Crippen LogP contribution in [0.3, 0.4) is 0 Å². The molecular weight excluding hydrogens is 190 g/mol. The van der Waals surface area contributed by atoms with E-state index in [-0.39, 0.29) is 18.8 Å². The summed E-state index contributed by atoms with van der Waals surface area (Å²) in [5, 5.41) is 9.12. The normalized spacial score (nSPS) is 15.2. The summed E-state index contributed by atoms with van der Waals surface area (Å²) in [6.07, 6.45) is 6.55. The summed E-state index contributed by atoms with van der Waals surface area (Å²) in [5.41, 5.74) is 5.89. The van der Waals surface area contributed by atoms with Gasteiger partial charge in [0.25, 0.3) is 0 Å². The van der Waals surface area contributed by atoms with E-state index >= 15 is 0 Å². The largest absolute Gasteiger partial charge is 0.394 e. The maximum Gasteiger partial charge on any atom is 0.0956 e. The molecule has 3 nitrogen and oxygen atoms in total. The molecule has 0 aliphatic heterocycles. The topological polar surface area (TPSA) is 55.5 Å². The van der Waals surface area contributed by atoms with Gasteiger partial charge in [0.1, 0.15) is 0 Å². The molecule has 0 heterocycles. The van der Waals surface area contributed by atoms with Gasteiger partial charge in [0.2, 0.25) is 0 Å². The molecular formula is C12H27NO2. The van der Waals surface area contributed by atoms with E-state index in [0.29, 0.717) is 0 Å². The van der Waals surface area contributed by atoms with Crippen LogP contribution >= 0.6 is 0 Å². The first-order chi connectivity index (χ1) is 7.26. The fourth-order valence-electron chi connectivity index (χ4n) is 1.59. The molecule has 0 aliphatic carbocycles. The minimum atomic E-state index is -0.174. The van der Waals surface area contributed by atoms with Crippen LogP contribution in [-0.4, -0.2) is 30.5 Å². The van der Waals surface area contributed by atoms with E-state index in [2.05, 4.69) is 13.8 Å². The van der Waals surface area contributed by atoms with Crippen molar-refractivity contribution in [1.29, 1.82) is 0 Å². The molecule has 0 aromatic heterocycles. The number of aliphatic hydroxyl groups is 1. The number of unbranched alkanes of at least 4 members (excludes halogenated alkanes) is 3. The first-order valence-electron chi connectivity index (χ1n) is 6.24. The fourth-order valence-corrected chi connectivity index (χ4v) is 1.59. The van der Waals surface area contributed by atoms with Crippen LogP contribution in [0.4, 0.5) is 0 Å². The summed E-state index contributed by atoms with van der Waals surface area (Å²) >= 11 is 0.